The number of rotatable bonds is 8. The number of aryl methyl sites for hydroxylation is 1. The number of hydrogen-bond donors (Lipinski definition) is 2. The number of carboxylic acids is 1. The van der Waals surface area contributed by atoms with Gasteiger partial charge in [0.25, 0.3) is 0 Å². The molecule has 1 aromatic heterocycles. The highest BCUT2D eigenvalue weighted by Crippen LogP contribution is 2.11. The molecule has 23 heavy (non-hydrogen) atoms. The summed E-state index contributed by atoms with van der Waals surface area (Å²) < 4.78 is 1.21. The Bertz CT molecular complexity index is 670. The average molecular weight is 337 g/mol. The first-order chi connectivity index (χ1) is 11.0. The van der Waals surface area contributed by atoms with E-state index in [-0.39, 0.29) is 19.0 Å². The number of nitrogens with one attached hydrogen (secondary N) is 1. The largest absolute Gasteiger partial charge is 0.480 e. The number of nitrogens with zero attached hydrogens (tertiary/aromatic N) is 3. The normalized spacial score (nSPS) is 10.5. The van der Waals surface area contributed by atoms with Crippen molar-refractivity contribution in [1.82, 2.24) is 20.3 Å². The van der Waals surface area contributed by atoms with Crippen LogP contribution in [0.3, 0.4) is 0 Å². The lowest BCUT2D eigenvalue weighted by Gasteiger charge is -2.03. The second-order valence-corrected chi connectivity index (χ2v) is 5.49. The molecule has 2 N–H and O–H groups in total. The van der Waals surface area contributed by atoms with Crippen LogP contribution in [-0.2, 0) is 29.1 Å². The summed E-state index contributed by atoms with van der Waals surface area (Å²) >= 11 is 5.82. The zero-order valence-electron chi connectivity index (χ0n) is 12.4. The third kappa shape index (κ3) is 6.07. The van der Waals surface area contributed by atoms with Crippen molar-refractivity contribution in [3.63, 3.8) is 0 Å². The van der Waals surface area contributed by atoms with Crippen molar-refractivity contribution in [2.45, 2.75) is 32.4 Å². The van der Waals surface area contributed by atoms with Gasteiger partial charge in [0.15, 0.2) is 0 Å². The molecule has 0 bridgehead atoms. The van der Waals surface area contributed by atoms with E-state index in [1.165, 1.54) is 10.9 Å². The summed E-state index contributed by atoms with van der Waals surface area (Å²) in [6.45, 7) is -0.0125. The minimum atomic E-state index is -0.993. The number of halogens is 1. The van der Waals surface area contributed by atoms with Crippen LogP contribution in [0.4, 0.5) is 0 Å². The molecule has 0 aliphatic rings. The van der Waals surface area contributed by atoms with Gasteiger partial charge in [-0.2, -0.15) is 0 Å². The van der Waals surface area contributed by atoms with Crippen LogP contribution >= 0.6 is 11.6 Å². The van der Waals surface area contributed by atoms with Crippen LogP contribution in [0.1, 0.15) is 24.1 Å². The Balaban J connectivity index is 1.67. The van der Waals surface area contributed by atoms with E-state index in [1.54, 1.807) is 0 Å². The van der Waals surface area contributed by atoms with Crippen LogP contribution < -0.4 is 5.32 Å². The predicted octanol–water partition coefficient (Wildman–Crippen LogP) is 1.66. The fourth-order valence-corrected chi connectivity index (χ4v) is 2.14. The molecule has 0 saturated carbocycles. The quantitative estimate of drug-likeness (QED) is 0.764. The highest BCUT2D eigenvalue weighted by molar-refractivity contribution is 6.30. The van der Waals surface area contributed by atoms with Crippen molar-refractivity contribution in [3.05, 3.63) is 46.7 Å². The lowest BCUT2D eigenvalue weighted by molar-refractivity contribution is -0.138. The van der Waals surface area contributed by atoms with Gasteiger partial charge in [-0.05, 0) is 30.5 Å². The number of aliphatic carboxylic acids is 1. The van der Waals surface area contributed by atoms with E-state index in [4.69, 9.17) is 16.7 Å². The maximum Gasteiger partial charge on any atom is 0.325 e. The maximum absolute atomic E-state index is 11.8. The minimum absolute atomic E-state index is 0.0771. The van der Waals surface area contributed by atoms with E-state index in [0.717, 1.165) is 18.4 Å². The highest BCUT2D eigenvalue weighted by Gasteiger charge is 2.06. The second kappa shape index (κ2) is 8.28. The topological polar surface area (TPSA) is 97.1 Å². The van der Waals surface area contributed by atoms with Crippen molar-refractivity contribution < 1.29 is 14.7 Å². The van der Waals surface area contributed by atoms with Crippen LogP contribution in [0, 0.1) is 0 Å². The molecule has 2 aromatic rings. The number of amides is 1. The first-order valence-corrected chi connectivity index (χ1v) is 7.52. The molecule has 122 valence electrons. The molecular formula is C15H17ClN4O3. The molecule has 0 unspecified atom stereocenters. The lowest BCUT2D eigenvalue weighted by Crippen LogP contribution is -2.22. The van der Waals surface area contributed by atoms with Gasteiger partial charge < -0.3 is 10.4 Å². The zero-order chi connectivity index (χ0) is 16.7. The molecule has 0 fully saturated rings. The Hall–Kier alpha value is -2.41. The first kappa shape index (κ1) is 17.0. The number of carboxylic acid groups (broad SMARTS) is 1. The van der Waals surface area contributed by atoms with E-state index in [0.29, 0.717) is 17.1 Å². The van der Waals surface area contributed by atoms with Gasteiger partial charge >= 0.3 is 5.97 Å². The molecule has 0 aliphatic heterocycles. The van der Waals surface area contributed by atoms with E-state index in [9.17, 15) is 9.59 Å². The molecule has 0 aliphatic carbocycles. The van der Waals surface area contributed by atoms with Crippen LogP contribution in [0.25, 0.3) is 0 Å². The van der Waals surface area contributed by atoms with Crippen molar-refractivity contribution in [1.29, 1.82) is 0 Å². The van der Waals surface area contributed by atoms with E-state index in [1.807, 2.05) is 24.3 Å². The van der Waals surface area contributed by atoms with Gasteiger partial charge in [-0.1, -0.05) is 28.9 Å². The Kier molecular flexibility index (Phi) is 6.10. The summed E-state index contributed by atoms with van der Waals surface area (Å²) in [5.41, 5.74) is 1.66. The zero-order valence-corrected chi connectivity index (χ0v) is 13.2. The van der Waals surface area contributed by atoms with Crippen molar-refractivity contribution in [2.75, 3.05) is 0 Å². The number of aromatic nitrogens is 3. The van der Waals surface area contributed by atoms with Gasteiger partial charge in [-0.25, -0.2) is 4.68 Å². The average Bonchev–Trinajstić information content (AvgIpc) is 2.94. The van der Waals surface area contributed by atoms with E-state index >= 15 is 0 Å². The predicted molar refractivity (Wildman–Crippen MR) is 83.9 cm³/mol. The highest BCUT2D eigenvalue weighted by atomic mass is 35.5. The summed E-state index contributed by atoms with van der Waals surface area (Å²) in [5.74, 6) is -1.07. The van der Waals surface area contributed by atoms with Gasteiger partial charge in [0.05, 0.1) is 12.7 Å². The molecule has 0 atom stereocenters. The van der Waals surface area contributed by atoms with Gasteiger partial charge in [0.1, 0.15) is 12.2 Å². The van der Waals surface area contributed by atoms with Crippen LogP contribution in [0.2, 0.25) is 5.02 Å². The SMILES string of the molecule is O=C(O)Cn1cc(CNC(=O)CCCc2ccc(Cl)cc2)nn1. The third-order valence-corrected chi connectivity index (χ3v) is 3.38. The van der Waals surface area contributed by atoms with Gasteiger partial charge in [-0.15, -0.1) is 5.10 Å². The number of hydrogen-bond acceptors (Lipinski definition) is 4. The summed E-state index contributed by atoms with van der Waals surface area (Å²) in [6.07, 6.45) is 3.45. The molecule has 2 rings (SSSR count). The van der Waals surface area contributed by atoms with Crippen molar-refractivity contribution in [3.8, 4) is 0 Å². The fourth-order valence-electron chi connectivity index (χ4n) is 2.02. The van der Waals surface area contributed by atoms with Crippen LogP contribution in [0.15, 0.2) is 30.5 Å². The van der Waals surface area contributed by atoms with Crippen molar-refractivity contribution >= 4 is 23.5 Å². The Morgan fingerprint density at radius 1 is 1.26 bits per heavy atom. The van der Waals surface area contributed by atoms with Crippen molar-refractivity contribution in [2.24, 2.45) is 0 Å². The summed E-state index contributed by atoms with van der Waals surface area (Å²) in [7, 11) is 0. The Morgan fingerprint density at radius 2 is 2.00 bits per heavy atom. The van der Waals surface area contributed by atoms with Gasteiger partial charge in [0, 0.05) is 11.4 Å². The second-order valence-electron chi connectivity index (χ2n) is 5.06. The summed E-state index contributed by atoms with van der Waals surface area (Å²) in [4.78, 5) is 22.3. The molecule has 0 radical (unpaired) electrons. The molecule has 8 heteroatoms. The molecule has 1 heterocycles. The van der Waals surface area contributed by atoms with E-state index < -0.39 is 5.97 Å². The monoisotopic (exact) mass is 336 g/mol. The molecule has 1 aromatic carbocycles. The molecule has 0 saturated heterocycles. The Morgan fingerprint density at radius 3 is 2.70 bits per heavy atom. The number of carbonyl (C=O) groups is 2. The minimum Gasteiger partial charge on any atom is -0.480 e. The van der Waals surface area contributed by atoms with Gasteiger partial charge in [0.2, 0.25) is 5.91 Å². The van der Waals surface area contributed by atoms with Crippen LogP contribution in [-0.4, -0.2) is 32.0 Å². The number of benzene rings is 1. The molecule has 1 amide bonds. The number of carbonyl (C=O) groups excluding carboxylic acids is 1. The standard InChI is InChI=1S/C15H17ClN4O3/c16-12-6-4-11(5-7-12)2-1-3-14(21)17-8-13-9-20(19-18-13)10-15(22)23/h4-7,9H,1-3,8,10H2,(H,17,21)(H,22,23). The first-order valence-electron chi connectivity index (χ1n) is 7.15. The Labute approximate surface area is 138 Å². The molecule has 7 nitrogen and oxygen atoms in total. The molecular weight excluding hydrogens is 320 g/mol. The fraction of sp³-hybridized carbons (Fsp3) is 0.333. The summed E-state index contributed by atoms with van der Waals surface area (Å²) in [6, 6.07) is 7.55. The lowest BCUT2D eigenvalue weighted by atomic mass is 10.1. The van der Waals surface area contributed by atoms with Crippen LogP contribution in [0.5, 0.6) is 0 Å². The molecule has 0 spiro atoms. The summed E-state index contributed by atoms with van der Waals surface area (Å²) in [5, 5.41) is 19.5. The van der Waals surface area contributed by atoms with Gasteiger partial charge in [-0.3, -0.25) is 9.59 Å². The maximum atomic E-state index is 11.8. The van der Waals surface area contributed by atoms with E-state index in [2.05, 4.69) is 15.6 Å². The smallest absolute Gasteiger partial charge is 0.325 e. The third-order valence-electron chi connectivity index (χ3n) is 3.13.